The van der Waals surface area contributed by atoms with Crippen LogP contribution in [0.5, 0.6) is 11.5 Å². The molecule has 6 nitrogen and oxygen atoms in total. The van der Waals surface area contributed by atoms with Crippen LogP contribution in [0.15, 0.2) is 47.0 Å². The Labute approximate surface area is 158 Å². The van der Waals surface area contributed by atoms with Crippen molar-refractivity contribution < 1.29 is 18.8 Å². The molecule has 3 aromatic rings. The van der Waals surface area contributed by atoms with Gasteiger partial charge in [-0.2, -0.15) is 0 Å². The molecule has 0 atom stereocenters. The Hall–Kier alpha value is -3.28. The fraction of sp³-hybridized carbons (Fsp3) is 0.238. The second kappa shape index (κ2) is 7.95. The summed E-state index contributed by atoms with van der Waals surface area (Å²) in [6.07, 6.45) is 0. The molecule has 1 amide bonds. The molecule has 0 unspecified atom stereocenters. The second-order valence-corrected chi connectivity index (χ2v) is 6.31. The highest BCUT2D eigenvalue weighted by Gasteiger charge is 2.21. The molecule has 0 spiro atoms. The lowest BCUT2D eigenvalue weighted by molar-refractivity contribution is 0.101. The van der Waals surface area contributed by atoms with Crippen molar-refractivity contribution in [1.29, 1.82) is 0 Å². The lowest BCUT2D eigenvalue weighted by Gasteiger charge is -2.10. The van der Waals surface area contributed by atoms with E-state index in [1.807, 2.05) is 32.0 Å². The number of benzene rings is 2. The van der Waals surface area contributed by atoms with Crippen LogP contribution in [0.25, 0.3) is 0 Å². The number of rotatable bonds is 6. The van der Waals surface area contributed by atoms with E-state index in [2.05, 4.69) is 10.5 Å². The van der Waals surface area contributed by atoms with Crippen LogP contribution < -0.4 is 14.8 Å². The Bertz CT molecular complexity index is 963. The van der Waals surface area contributed by atoms with Gasteiger partial charge in [-0.15, -0.1) is 0 Å². The fourth-order valence-corrected chi connectivity index (χ4v) is 2.74. The number of aromatic nitrogens is 1. The van der Waals surface area contributed by atoms with Crippen LogP contribution in [0, 0.1) is 20.8 Å². The number of methoxy groups -OCH3 is 1. The summed E-state index contributed by atoms with van der Waals surface area (Å²) in [6.45, 7) is 5.97. The van der Waals surface area contributed by atoms with Crippen molar-refractivity contribution in [3.05, 3.63) is 70.6 Å². The molecule has 1 N–H and O–H groups in total. The minimum absolute atomic E-state index is 0.195. The quantitative estimate of drug-likeness (QED) is 0.698. The Balaban J connectivity index is 1.76. The van der Waals surface area contributed by atoms with Crippen molar-refractivity contribution in [3.63, 3.8) is 0 Å². The number of nitrogens with one attached hydrogen (secondary N) is 1. The third kappa shape index (κ3) is 4.28. The molecule has 27 heavy (non-hydrogen) atoms. The highest BCUT2D eigenvalue weighted by Crippen LogP contribution is 2.23. The van der Waals surface area contributed by atoms with Gasteiger partial charge >= 0.3 is 0 Å². The van der Waals surface area contributed by atoms with Crippen LogP contribution in [0.3, 0.4) is 0 Å². The minimum atomic E-state index is -0.362. The topological polar surface area (TPSA) is 73.6 Å². The number of aryl methyl sites for hydroxylation is 3. The van der Waals surface area contributed by atoms with E-state index in [4.69, 9.17) is 14.0 Å². The van der Waals surface area contributed by atoms with E-state index in [-0.39, 0.29) is 18.2 Å². The number of nitrogens with zero attached hydrogens (tertiary/aromatic N) is 1. The predicted octanol–water partition coefficient (Wildman–Crippen LogP) is 4.44. The lowest BCUT2D eigenvalue weighted by Crippen LogP contribution is -2.15. The van der Waals surface area contributed by atoms with E-state index in [0.29, 0.717) is 22.8 Å². The molecule has 2 aromatic carbocycles. The van der Waals surface area contributed by atoms with Crippen molar-refractivity contribution in [2.75, 3.05) is 12.4 Å². The highest BCUT2D eigenvalue weighted by atomic mass is 16.5. The molecule has 0 saturated carbocycles. The zero-order valence-corrected chi connectivity index (χ0v) is 15.8. The first-order chi connectivity index (χ1) is 13.0. The first-order valence-corrected chi connectivity index (χ1v) is 8.58. The van der Waals surface area contributed by atoms with Crippen molar-refractivity contribution in [2.45, 2.75) is 27.4 Å². The molecule has 1 aromatic heterocycles. The van der Waals surface area contributed by atoms with Crippen LogP contribution >= 0.6 is 0 Å². The van der Waals surface area contributed by atoms with Crippen molar-refractivity contribution in [2.24, 2.45) is 0 Å². The van der Waals surface area contributed by atoms with Gasteiger partial charge in [0.25, 0.3) is 5.91 Å². The summed E-state index contributed by atoms with van der Waals surface area (Å²) >= 11 is 0. The number of amides is 1. The zero-order chi connectivity index (χ0) is 19.4. The van der Waals surface area contributed by atoms with Gasteiger partial charge in [0.2, 0.25) is 0 Å². The van der Waals surface area contributed by atoms with Gasteiger partial charge in [0.1, 0.15) is 23.9 Å². The molecule has 0 fully saturated rings. The van der Waals surface area contributed by atoms with Gasteiger partial charge < -0.3 is 19.3 Å². The van der Waals surface area contributed by atoms with Crippen molar-refractivity contribution in [1.82, 2.24) is 5.16 Å². The van der Waals surface area contributed by atoms with E-state index < -0.39 is 0 Å². The second-order valence-electron chi connectivity index (χ2n) is 6.31. The average molecular weight is 366 g/mol. The third-order valence-corrected chi connectivity index (χ3v) is 4.23. The molecule has 0 saturated heterocycles. The number of hydrogen-bond donors (Lipinski definition) is 1. The summed E-state index contributed by atoms with van der Waals surface area (Å²) in [5.74, 6) is 1.61. The van der Waals surface area contributed by atoms with Gasteiger partial charge in [0.05, 0.1) is 12.7 Å². The van der Waals surface area contributed by atoms with Crippen molar-refractivity contribution >= 4 is 11.6 Å². The largest absolute Gasteiger partial charge is 0.497 e. The zero-order valence-electron chi connectivity index (χ0n) is 15.8. The molecule has 0 aliphatic rings. The highest BCUT2D eigenvalue weighted by molar-refractivity contribution is 6.04. The molecule has 6 heteroatoms. The first-order valence-electron chi connectivity index (χ1n) is 8.58. The average Bonchev–Trinajstić information content (AvgIpc) is 3.02. The maximum Gasteiger partial charge on any atom is 0.278 e. The van der Waals surface area contributed by atoms with Crippen LogP contribution in [0.1, 0.15) is 32.9 Å². The van der Waals surface area contributed by atoms with Crippen LogP contribution in [0.4, 0.5) is 5.69 Å². The maximum atomic E-state index is 12.6. The van der Waals surface area contributed by atoms with Gasteiger partial charge in [-0.1, -0.05) is 28.9 Å². The van der Waals surface area contributed by atoms with E-state index in [1.54, 1.807) is 38.3 Å². The summed E-state index contributed by atoms with van der Waals surface area (Å²) in [7, 11) is 1.57. The first kappa shape index (κ1) is 18.5. The van der Waals surface area contributed by atoms with E-state index in [9.17, 15) is 4.79 Å². The normalized spacial score (nSPS) is 10.5. The lowest BCUT2D eigenvalue weighted by atomic mass is 10.1. The molecule has 0 aliphatic heterocycles. The molecule has 3 rings (SSSR count). The van der Waals surface area contributed by atoms with Gasteiger partial charge in [-0.3, -0.25) is 4.79 Å². The monoisotopic (exact) mass is 366 g/mol. The van der Waals surface area contributed by atoms with Crippen molar-refractivity contribution in [3.8, 4) is 11.5 Å². The molecular formula is C21H22N2O4. The Morgan fingerprint density at radius 3 is 2.70 bits per heavy atom. The van der Waals surface area contributed by atoms with E-state index >= 15 is 0 Å². The standard InChI is InChI=1S/C21H22N2O4/c1-13-8-9-19(14(2)10-13)26-12-18-15(3)27-23-20(18)21(24)22-16-6-5-7-17(11-16)25-4/h5-11H,12H2,1-4H3,(H,22,24). The number of carbonyl (C=O) groups excluding carboxylic acids is 1. The number of hydrogen-bond acceptors (Lipinski definition) is 5. The summed E-state index contributed by atoms with van der Waals surface area (Å²) in [5, 5.41) is 6.71. The van der Waals surface area contributed by atoms with E-state index in [0.717, 1.165) is 11.3 Å². The van der Waals surface area contributed by atoms with Crippen LogP contribution in [0.2, 0.25) is 0 Å². The van der Waals surface area contributed by atoms with Crippen LogP contribution in [-0.2, 0) is 6.61 Å². The summed E-state index contributed by atoms with van der Waals surface area (Å²) in [6, 6.07) is 13.1. The number of anilines is 1. The molecule has 0 aliphatic carbocycles. The van der Waals surface area contributed by atoms with Crippen LogP contribution in [-0.4, -0.2) is 18.2 Å². The molecule has 0 radical (unpaired) electrons. The Kier molecular flexibility index (Phi) is 5.45. The minimum Gasteiger partial charge on any atom is -0.497 e. The fourth-order valence-electron chi connectivity index (χ4n) is 2.74. The summed E-state index contributed by atoms with van der Waals surface area (Å²) in [4.78, 5) is 12.6. The summed E-state index contributed by atoms with van der Waals surface area (Å²) < 4.78 is 16.3. The summed E-state index contributed by atoms with van der Waals surface area (Å²) in [5.41, 5.74) is 3.64. The van der Waals surface area contributed by atoms with Gasteiger partial charge in [-0.05, 0) is 44.5 Å². The Morgan fingerprint density at radius 2 is 1.96 bits per heavy atom. The molecule has 0 bridgehead atoms. The van der Waals surface area contributed by atoms with E-state index in [1.165, 1.54) is 5.56 Å². The number of carbonyl (C=O) groups is 1. The maximum absolute atomic E-state index is 12.6. The van der Waals surface area contributed by atoms with Gasteiger partial charge in [-0.25, -0.2) is 0 Å². The predicted molar refractivity (Wildman–Crippen MR) is 102 cm³/mol. The molecular weight excluding hydrogens is 344 g/mol. The van der Waals surface area contributed by atoms with Gasteiger partial charge in [0.15, 0.2) is 5.69 Å². The SMILES string of the molecule is COc1cccc(NC(=O)c2noc(C)c2COc2ccc(C)cc2C)c1. The Morgan fingerprint density at radius 1 is 1.15 bits per heavy atom. The molecule has 140 valence electrons. The third-order valence-electron chi connectivity index (χ3n) is 4.23. The van der Waals surface area contributed by atoms with Gasteiger partial charge in [0, 0.05) is 11.8 Å². The smallest absolute Gasteiger partial charge is 0.278 e. The molecule has 1 heterocycles. The number of ether oxygens (including phenoxy) is 2.